The molecule has 6 nitrogen and oxygen atoms in total. The first-order valence-corrected chi connectivity index (χ1v) is 9.95. The van der Waals surface area contributed by atoms with Crippen LogP contribution in [0.5, 0.6) is 5.75 Å². The maximum Gasteiger partial charge on any atom is 0.221 e. The molecule has 1 aromatic carbocycles. The Labute approximate surface area is 185 Å². The lowest BCUT2D eigenvalue weighted by Crippen LogP contribution is -2.41. The molecular weight excluding hydrogens is 467 g/mol. The molecule has 2 aliphatic rings. The Hall–Kier alpha value is -1.51. The van der Waals surface area contributed by atoms with E-state index in [4.69, 9.17) is 4.74 Å². The topological polar surface area (TPSA) is 66.0 Å². The molecule has 0 unspecified atom stereocenters. The Kier molecular flexibility index (Phi) is 8.39. The number of ether oxygens (including phenoxy) is 1. The average molecular weight is 500 g/mol. The first kappa shape index (κ1) is 22.8. The van der Waals surface area contributed by atoms with Crippen LogP contribution in [-0.4, -0.2) is 44.0 Å². The highest BCUT2D eigenvalue weighted by Crippen LogP contribution is 2.43. The van der Waals surface area contributed by atoms with E-state index in [2.05, 4.69) is 20.5 Å². The lowest BCUT2D eigenvalue weighted by molar-refractivity contribution is -0.114. The van der Waals surface area contributed by atoms with Gasteiger partial charge in [-0.2, -0.15) is 0 Å². The van der Waals surface area contributed by atoms with Gasteiger partial charge in [0.2, 0.25) is 5.91 Å². The lowest BCUT2D eigenvalue weighted by atomic mass is 9.73. The minimum atomic E-state index is -0.107. The summed E-state index contributed by atoms with van der Waals surface area (Å²) in [5, 5.41) is 6.32. The van der Waals surface area contributed by atoms with Gasteiger partial charge in [-0.05, 0) is 42.4 Å². The van der Waals surface area contributed by atoms with Crippen molar-refractivity contribution in [2.24, 2.45) is 10.4 Å². The van der Waals surface area contributed by atoms with Gasteiger partial charge in [0, 0.05) is 33.6 Å². The van der Waals surface area contributed by atoms with E-state index in [9.17, 15) is 4.79 Å². The largest absolute Gasteiger partial charge is 0.495 e. The van der Waals surface area contributed by atoms with E-state index in [-0.39, 0.29) is 29.9 Å². The molecule has 2 N–H and O–H groups in total. The maximum absolute atomic E-state index is 11.4. The van der Waals surface area contributed by atoms with Gasteiger partial charge in [0.05, 0.1) is 12.8 Å². The van der Waals surface area contributed by atoms with Crippen molar-refractivity contribution >= 4 is 41.5 Å². The number of nitrogens with zero attached hydrogens (tertiary/aromatic N) is 2. The SMILES string of the molecule is CN=C(NCc1ccc(OC)c(NC(C)=O)c1)N1CCC2(CCCCC2)C1.I. The molecule has 1 aromatic rings. The number of aliphatic imine (C=N–C) groups is 1. The number of anilines is 1. The second-order valence-electron chi connectivity index (χ2n) is 7.85. The fraction of sp³-hybridized carbons (Fsp3) is 0.619. The number of nitrogens with one attached hydrogen (secondary N) is 2. The van der Waals surface area contributed by atoms with Crippen molar-refractivity contribution in [1.82, 2.24) is 10.2 Å². The Balaban J connectivity index is 0.00000280. The quantitative estimate of drug-likeness (QED) is 0.373. The van der Waals surface area contributed by atoms with Crippen LogP contribution in [0.1, 0.15) is 51.0 Å². The zero-order valence-corrected chi connectivity index (χ0v) is 19.5. The molecule has 0 aromatic heterocycles. The molecule has 1 amide bonds. The highest BCUT2D eigenvalue weighted by molar-refractivity contribution is 14.0. The molecular formula is C21H33IN4O2. The van der Waals surface area contributed by atoms with Gasteiger partial charge in [0.15, 0.2) is 5.96 Å². The molecule has 1 aliphatic heterocycles. The van der Waals surface area contributed by atoms with Crippen LogP contribution in [0.2, 0.25) is 0 Å². The highest BCUT2D eigenvalue weighted by Gasteiger charge is 2.39. The zero-order valence-electron chi connectivity index (χ0n) is 17.2. The second kappa shape index (κ2) is 10.3. The number of hydrogen-bond acceptors (Lipinski definition) is 3. The Bertz CT molecular complexity index is 702. The predicted octanol–water partition coefficient (Wildman–Crippen LogP) is 4.00. The van der Waals surface area contributed by atoms with E-state index in [0.717, 1.165) is 24.6 Å². The highest BCUT2D eigenvalue weighted by atomic mass is 127. The van der Waals surface area contributed by atoms with Crippen molar-refractivity contribution in [3.63, 3.8) is 0 Å². The molecule has 7 heteroatoms. The minimum Gasteiger partial charge on any atom is -0.495 e. The molecule has 3 rings (SSSR count). The Morgan fingerprint density at radius 2 is 2.00 bits per heavy atom. The Morgan fingerprint density at radius 3 is 2.64 bits per heavy atom. The predicted molar refractivity (Wildman–Crippen MR) is 125 cm³/mol. The van der Waals surface area contributed by atoms with Gasteiger partial charge >= 0.3 is 0 Å². The molecule has 2 fully saturated rings. The summed E-state index contributed by atoms with van der Waals surface area (Å²) in [5.41, 5.74) is 2.28. The lowest BCUT2D eigenvalue weighted by Gasteiger charge is -2.33. The van der Waals surface area contributed by atoms with Gasteiger partial charge in [0.25, 0.3) is 0 Å². The number of amides is 1. The van der Waals surface area contributed by atoms with Crippen molar-refractivity contribution < 1.29 is 9.53 Å². The van der Waals surface area contributed by atoms with E-state index in [1.807, 2.05) is 25.2 Å². The molecule has 1 saturated heterocycles. The summed E-state index contributed by atoms with van der Waals surface area (Å²) in [6.07, 6.45) is 8.14. The normalized spacial score (nSPS) is 18.5. The van der Waals surface area contributed by atoms with E-state index in [0.29, 0.717) is 23.4 Å². The van der Waals surface area contributed by atoms with Crippen molar-refractivity contribution in [1.29, 1.82) is 0 Å². The summed E-state index contributed by atoms with van der Waals surface area (Å²) >= 11 is 0. The standard InChI is InChI=1S/C21H32N4O2.HI/c1-16(26)24-18-13-17(7-8-19(18)27-3)14-23-20(22-2)25-12-11-21(15-25)9-5-4-6-10-21;/h7-8,13H,4-6,9-12,14-15H2,1-3H3,(H,22,23)(H,24,26);1H. The smallest absolute Gasteiger partial charge is 0.221 e. The second-order valence-corrected chi connectivity index (χ2v) is 7.85. The molecule has 1 spiro atoms. The van der Waals surface area contributed by atoms with Gasteiger partial charge in [-0.15, -0.1) is 24.0 Å². The first-order valence-electron chi connectivity index (χ1n) is 9.95. The number of methoxy groups -OCH3 is 1. The number of halogens is 1. The van der Waals surface area contributed by atoms with Crippen molar-refractivity contribution in [2.45, 2.75) is 52.0 Å². The molecule has 1 aliphatic carbocycles. The van der Waals surface area contributed by atoms with E-state index < -0.39 is 0 Å². The fourth-order valence-electron chi connectivity index (χ4n) is 4.49. The van der Waals surface area contributed by atoms with Crippen LogP contribution >= 0.6 is 24.0 Å². The van der Waals surface area contributed by atoms with Crippen LogP contribution in [0.15, 0.2) is 23.2 Å². The molecule has 28 heavy (non-hydrogen) atoms. The molecule has 0 atom stereocenters. The third-order valence-electron chi connectivity index (χ3n) is 5.89. The van der Waals surface area contributed by atoms with E-state index in [1.54, 1.807) is 7.11 Å². The number of carbonyl (C=O) groups is 1. The van der Waals surface area contributed by atoms with Gasteiger partial charge in [-0.1, -0.05) is 25.3 Å². The molecule has 1 saturated carbocycles. The number of guanidine groups is 1. The van der Waals surface area contributed by atoms with Crippen LogP contribution in [0.3, 0.4) is 0 Å². The number of carbonyl (C=O) groups excluding carboxylic acids is 1. The van der Waals surface area contributed by atoms with Gasteiger partial charge in [-0.3, -0.25) is 9.79 Å². The van der Waals surface area contributed by atoms with Crippen LogP contribution < -0.4 is 15.4 Å². The summed E-state index contributed by atoms with van der Waals surface area (Å²) in [4.78, 5) is 18.3. The van der Waals surface area contributed by atoms with Gasteiger partial charge in [-0.25, -0.2) is 0 Å². The summed E-state index contributed by atoms with van der Waals surface area (Å²) < 4.78 is 5.33. The molecule has 1 heterocycles. The summed E-state index contributed by atoms with van der Waals surface area (Å²) in [6.45, 7) is 4.36. The van der Waals surface area contributed by atoms with Crippen molar-refractivity contribution in [3.8, 4) is 5.75 Å². The molecule has 0 radical (unpaired) electrons. The maximum atomic E-state index is 11.4. The van der Waals surface area contributed by atoms with Crippen LogP contribution in [0, 0.1) is 5.41 Å². The first-order chi connectivity index (χ1) is 13.0. The number of benzene rings is 1. The number of likely N-dealkylation sites (tertiary alicyclic amines) is 1. The number of rotatable bonds is 4. The van der Waals surface area contributed by atoms with Crippen LogP contribution in [0.25, 0.3) is 0 Å². The monoisotopic (exact) mass is 500 g/mol. The summed E-state index contributed by atoms with van der Waals surface area (Å²) in [7, 11) is 3.46. The van der Waals surface area contributed by atoms with Gasteiger partial charge < -0.3 is 20.3 Å². The third kappa shape index (κ3) is 5.52. The van der Waals surface area contributed by atoms with Gasteiger partial charge in [0.1, 0.15) is 5.75 Å². The van der Waals surface area contributed by atoms with Crippen LogP contribution in [0.4, 0.5) is 5.69 Å². The summed E-state index contributed by atoms with van der Waals surface area (Å²) in [6, 6.07) is 5.85. The zero-order chi connectivity index (χ0) is 19.3. The summed E-state index contributed by atoms with van der Waals surface area (Å²) in [5.74, 6) is 1.52. The minimum absolute atomic E-state index is 0. The van der Waals surface area contributed by atoms with Crippen molar-refractivity contribution in [3.05, 3.63) is 23.8 Å². The van der Waals surface area contributed by atoms with Crippen LogP contribution in [-0.2, 0) is 11.3 Å². The van der Waals surface area contributed by atoms with E-state index >= 15 is 0 Å². The third-order valence-corrected chi connectivity index (χ3v) is 5.89. The van der Waals surface area contributed by atoms with E-state index in [1.165, 1.54) is 45.4 Å². The molecule has 0 bridgehead atoms. The molecule has 156 valence electrons. The average Bonchev–Trinajstić information content (AvgIpc) is 3.05. The Morgan fingerprint density at radius 1 is 1.25 bits per heavy atom. The number of hydrogen-bond donors (Lipinski definition) is 2. The van der Waals surface area contributed by atoms with Crippen molar-refractivity contribution in [2.75, 3.05) is 32.6 Å². The fourth-order valence-corrected chi connectivity index (χ4v) is 4.49.